The molecule has 0 fully saturated rings. The van der Waals surface area contributed by atoms with Gasteiger partial charge in [-0.3, -0.25) is 9.48 Å². The van der Waals surface area contributed by atoms with Gasteiger partial charge in [0.2, 0.25) is 5.56 Å². The molecule has 24 heavy (non-hydrogen) atoms. The molecule has 0 bridgehead atoms. The zero-order chi connectivity index (χ0) is 16.7. The minimum Gasteiger partial charge on any atom is -0.326 e. The van der Waals surface area contributed by atoms with Crippen LogP contribution in [-0.4, -0.2) is 24.7 Å². The number of nitrogens with one attached hydrogen (secondary N) is 2. The van der Waals surface area contributed by atoms with Gasteiger partial charge in [-0.25, -0.2) is 9.97 Å². The van der Waals surface area contributed by atoms with Crippen LogP contribution in [0.25, 0.3) is 20.9 Å². The van der Waals surface area contributed by atoms with E-state index in [1.165, 1.54) is 0 Å². The average Bonchev–Trinajstić information content (AvgIpc) is 3.11. The number of hydrogen-bond donors (Lipinski definition) is 2. The summed E-state index contributed by atoms with van der Waals surface area (Å²) in [6.07, 6.45) is 3.53. The predicted molar refractivity (Wildman–Crippen MR) is 94.7 cm³/mol. The van der Waals surface area contributed by atoms with Crippen molar-refractivity contribution in [1.82, 2.24) is 24.7 Å². The smallest absolute Gasteiger partial charge is 0.249 e. The van der Waals surface area contributed by atoms with Gasteiger partial charge < -0.3 is 10.3 Å². The van der Waals surface area contributed by atoms with Crippen LogP contribution in [-0.2, 0) is 7.05 Å². The second-order valence-electron chi connectivity index (χ2n) is 5.46. The molecular weight excluding hydrogens is 324 g/mol. The van der Waals surface area contributed by atoms with Gasteiger partial charge in [-0.15, -0.1) is 11.3 Å². The van der Waals surface area contributed by atoms with Crippen LogP contribution in [0.15, 0.2) is 41.5 Å². The van der Waals surface area contributed by atoms with E-state index in [4.69, 9.17) is 0 Å². The van der Waals surface area contributed by atoms with E-state index in [0.717, 1.165) is 26.5 Å². The van der Waals surface area contributed by atoms with Crippen molar-refractivity contribution in [3.05, 3.63) is 52.6 Å². The average molecular weight is 338 g/mol. The van der Waals surface area contributed by atoms with Gasteiger partial charge in [-0.2, -0.15) is 5.10 Å². The Hall–Kier alpha value is -3.00. The number of nitrogens with zero attached hydrogens (tertiary/aromatic N) is 4. The number of hydrogen-bond acceptors (Lipinski definition) is 6. The normalized spacial score (nSPS) is 11.1. The van der Waals surface area contributed by atoms with Crippen LogP contribution in [0, 0.1) is 6.92 Å². The van der Waals surface area contributed by atoms with Crippen molar-refractivity contribution in [2.24, 2.45) is 7.05 Å². The SMILES string of the molecule is Cc1cc(Nc2cc3nc(-c4ccnn4C)sc3cn2)[nH]c(=O)c1. The van der Waals surface area contributed by atoms with Crippen LogP contribution in [0.2, 0.25) is 0 Å². The van der Waals surface area contributed by atoms with Crippen LogP contribution in [0.1, 0.15) is 5.56 Å². The molecule has 4 aromatic rings. The molecule has 120 valence electrons. The Labute approximate surface area is 141 Å². The summed E-state index contributed by atoms with van der Waals surface area (Å²) in [5, 5.41) is 8.18. The number of rotatable bonds is 3. The molecule has 7 nitrogen and oxygen atoms in total. The van der Waals surface area contributed by atoms with Crippen molar-refractivity contribution in [3.63, 3.8) is 0 Å². The fourth-order valence-corrected chi connectivity index (χ4v) is 3.45. The zero-order valence-corrected chi connectivity index (χ0v) is 13.9. The molecule has 0 aliphatic rings. The van der Waals surface area contributed by atoms with Gasteiger partial charge >= 0.3 is 0 Å². The quantitative estimate of drug-likeness (QED) is 0.600. The standard InChI is InChI=1S/C16H14N6OS/c1-9-5-14(21-15(23)6-9)20-13-7-10-12(8-17-13)24-16(19-10)11-3-4-18-22(11)2/h3-8H,1-2H3,(H2,17,20,21,23). The first-order chi connectivity index (χ1) is 11.6. The second kappa shape index (κ2) is 5.57. The number of fused-ring (bicyclic) bond motifs is 1. The third-order valence-corrected chi connectivity index (χ3v) is 4.60. The molecule has 0 atom stereocenters. The highest BCUT2D eigenvalue weighted by Crippen LogP contribution is 2.30. The summed E-state index contributed by atoms with van der Waals surface area (Å²) < 4.78 is 2.79. The van der Waals surface area contributed by atoms with Gasteiger partial charge in [-0.05, 0) is 24.6 Å². The van der Waals surface area contributed by atoms with E-state index >= 15 is 0 Å². The molecule has 4 rings (SSSR count). The molecule has 0 saturated carbocycles. The lowest BCUT2D eigenvalue weighted by atomic mass is 10.3. The van der Waals surface area contributed by atoms with E-state index in [2.05, 4.69) is 25.4 Å². The molecule has 4 aromatic heterocycles. The van der Waals surface area contributed by atoms with Crippen molar-refractivity contribution in [3.8, 4) is 10.7 Å². The number of H-pyrrole nitrogens is 1. The van der Waals surface area contributed by atoms with Crippen LogP contribution < -0.4 is 10.9 Å². The second-order valence-corrected chi connectivity index (χ2v) is 6.49. The summed E-state index contributed by atoms with van der Waals surface area (Å²) in [5.74, 6) is 1.24. The van der Waals surface area contributed by atoms with Crippen molar-refractivity contribution in [1.29, 1.82) is 0 Å². The van der Waals surface area contributed by atoms with Gasteiger partial charge in [0.1, 0.15) is 16.6 Å². The molecule has 0 saturated heterocycles. The van der Waals surface area contributed by atoms with Gasteiger partial charge in [-0.1, -0.05) is 0 Å². The Balaban J connectivity index is 1.70. The first kappa shape index (κ1) is 14.6. The Morgan fingerprint density at radius 3 is 2.92 bits per heavy atom. The number of aromatic nitrogens is 5. The molecule has 2 N–H and O–H groups in total. The highest BCUT2D eigenvalue weighted by atomic mass is 32.1. The van der Waals surface area contributed by atoms with Crippen LogP contribution >= 0.6 is 11.3 Å². The molecule has 0 aromatic carbocycles. The molecular formula is C16H14N6OS. The minimum atomic E-state index is -0.147. The number of aromatic amines is 1. The number of thiazole rings is 1. The fourth-order valence-electron chi connectivity index (χ4n) is 2.48. The summed E-state index contributed by atoms with van der Waals surface area (Å²) in [4.78, 5) is 23.3. The number of aryl methyl sites for hydroxylation is 2. The van der Waals surface area contributed by atoms with Gasteiger partial charge in [0.05, 0.1) is 15.9 Å². The third kappa shape index (κ3) is 2.67. The molecule has 0 radical (unpaired) electrons. The number of pyridine rings is 2. The monoisotopic (exact) mass is 338 g/mol. The summed E-state index contributed by atoms with van der Waals surface area (Å²) in [5.41, 5.74) is 2.55. The van der Waals surface area contributed by atoms with Gasteiger partial charge in [0.15, 0.2) is 0 Å². The Kier molecular flexibility index (Phi) is 3.39. The van der Waals surface area contributed by atoms with E-state index in [1.807, 2.05) is 32.2 Å². The van der Waals surface area contributed by atoms with Crippen molar-refractivity contribution < 1.29 is 0 Å². The summed E-state index contributed by atoms with van der Waals surface area (Å²) in [6.45, 7) is 1.87. The molecule has 0 unspecified atom stereocenters. The van der Waals surface area contributed by atoms with Gasteiger partial charge in [0, 0.05) is 31.6 Å². The molecule has 0 amide bonds. The molecule has 0 aliphatic heterocycles. The molecule has 0 aliphatic carbocycles. The van der Waals surface area contributed by atoms with Crippen LogP contribution in [0.3, 0.4) is 0 Å². The zero-order valence-electron chi connectivity index (χ0n) is 13.1. The largest absolute Gasteiger partial charge is 0.326 e. The topological polar surface area (TPSA) is 88.5 Å². The first-order valence-electron chi connectivity index (χ1n) is 7.31. The van der Waals surface area contributed by atoms with Gasteiger partial charge in [0.25, 0.3) is 0 Å². The van der Waals surface area contributed by atoms with E-state index in [1.54, 1.807) is 34.5 Å². The third-order valence-electron chi connectivity index (χ3n) is 3.57. The molecule has 8 heteroatoms. The minimum absolute atomic E-state index is 0.147. The Morgan fingerprint density at radius 1 is 1.29 bits per heavy atom. The highest BCUT2D eigenvalue weighted by molar-refractivity contribution is 7.21. The van der Waals surface area contributed by atoms with E-state index in [-0.39, 0.29) is 5.56 Å². The lowest BCUT2D eigenvalue weighted by molar-refractivity contribution is 0.775. The van der Waals surface area contributed by atoms with Crippen molar-refractivity contribution in [2.75, 3.05) is 5.32 Å². The molecule has 4 heterocycles. The lowest BCUT2D eigenvalue weighted by Gasteiger charge is -2.05. The van der Waals surface area contributed by atoms with Crippen molar-refractivity contribution in [2.45, 2.75) is 6.92 Å². The summed E-state index contributed by atoms with van der Waals surface area (Å²) in [7, 11) is 1.89. The maximum Gasteiger partial charge on any atom is 0.249 e. The first-order valence-corrected chi connectivity index (χ1v) is 8.13. The van der Waals surface area contributed by atoms with E-state index in [9.17, 15) is 4.79 Å². The number of anilines is 2. The van der Waals surface area contributed by atoms with E-state index in [0.29, 0.717) is 11.6 Å². The van der Waals surface area contributed by atoms with Crippen molar-refractivity contribution >= 4 is 33.2 Å². The lowest BCUT2D eigenvalue weighted by Crippen LogP contribution is -2.08. The van der Waals surface area contributed by atoms with Crippen LogP contribution in [0.4, 0.5) is 11.6 Å². The maximum atomic E-state index is 11.5. The fraction of sp³-hybridized carbons (Fsp3) is 0.125. The predicted octanol–water partition coefficient (Wildman–Crippen LogP) is 2.83. The van der Waals surface area contributed by atoms with Crippen LogP contribution in [0.5, 0.6) is 0 Å². The summed E-state index contributed by atoms with van der Waals surface area (Å²) in [6, 6.07) is 7.20. The Bertz CT molecular complexity index is 1090. The Morgan fingerprint density at radius 2 is 2.17 bits per heavy atom. The molecule has 0 spiro atoms. The summed E-state index contributed by atoms with van der Waals surface area (Å²) >= 11 is 1.57. The van der Waals surface area contributed by atoms with E-state index < -0.39 is 0 Å². The highest BCUT2D eigenvalue weighted by Gasteiger charge is 2.10. The maximum absolute atomic E-state index is 11.5.